The first-order valence-corrected chi connectivity index (χ1v) is 6.36. The molecule has 0 fully saturated rings. The Morgan fingerprint density at radius 1 is 1.53 bits per heavy atom. The number of H-pyrrole nitrogens is 1. The molecule has 2 rings (SSSR count). The number of aromatic nitrogens is 4. The Hall–Kier alpha value is -1.89. The fourth-order valence-electron chi connectivity index (χ4n) is 2.27. The van der Waals surface area contributed by atoms with E-state index in [2.05, 4.69) is 41.4 Å². The molecule has 0 radical (unpaired) electrons. The third-order valence-electron chi connectivity index (χ3n) is 3.01. The van der Waals surface area contributed by atoms with E-state index in [1.54, 1.807) is 12.1 Å². The Kier molecular flexibility index (Phi) is 3.57. The van der Waals surface area contributed by atoms with Crippen LogP contribution in [0.4, 0.5) is 5.82 Å². The first kappa shape index (κ1) is 13.5. The second-order valence-electron chi connectivity index (χ2n) is 5.51. The standard InChI is InChI=1S/C12H20N6O/c1-8(2)6-12(3,7-13)14-9-4-5-10-15-16-11(19)18(10)17-9/h4-5,8H,6-7,13H2,1-3H3,(H,14,17)(H,16,19). The molecule has 2 heterocycles. The Balaban J connectivity index is 2.28. The third kappa shape index (κ3) is 2.93. The highest BCUT2D eigenvalue weighted by atomic mass is 16.2. The first-order chi connectivity index (χ1) is 8.93. The van der Waals surface area contributed by atoms with Gasteiger partial charge in [0.15, 0.2) is 5.65 Å². The summed E-state index contributed by atoms with van der Waals surface area (Å²) < 4.78 is 1.23. The molecule has 1 unspecified atom stereocenters. The van der Waals surface area contributed by atoms with E-state index in [0.717, 1.165) is 6.42 Å². The SMILES string of the molecule is CC(C)CC(C)(CN)Nc1ccc2n[nH]c(=O)n2n1. The Morgan fingerprint density at radius 2 is 2.26 bits per heavy atom. The normalized spacial score (nSPS) is 14.8. The number of nitrogens with two attached hydrogens (primary N) is 1. The monoisotopic (exact) mass is 264 g/mol. The molecule has 0 aliphatic heterocycles. The van der Waals surface area contributed by atoms with Gasteiger partial charge in [0.25, 0.3) is 0 Å². The molecular formula is C12H20N6O. The van der Waals surface area contributed by atoms with Crippen molar-refractivity contribution in [2.24, 2.45) is 11.7 Å². The summed E-state index contributed by atoms with van der Waals surface area (Å²) in [4.78, 5) is 11.5. The van der Waals surface area contributed by atoms with Crippen LogP contribution < -0.4 is 16.7 Å². The van der Waals surface area contributed by atoms with Crippen molar-refractivity contribution in [3.05, 3.63) is 22.6 Å². The number of nitrogens with zero attached hydrogens (tertiary/aromatic N) is 3. The molecule has 4 N–H and O–H groups in total. The summed E-state index contributed by atoms with van der Waals surface area (Å²) in [7, 11) is 0. The Bertz CT molecular complexity index is 616. The van der Waals surface area contributed by atoms with E-state index in [1.165, 1.54) is 4.52 Å². The lowest BCUT2D eigenvalue weighted by Gasteiger charge is -2.31. The number of aromatic amines is 1. The van der Waals surface area contributed by atoms with Gasteiger partial charge in [0, 0.05) is 12.1 Å². The minimum atomic E-state index is -0.350. The number of hydrogen-bond donors (Lipinski definition) is 3. The maximum Gasteiger partial charge on any atom is 0.364 e. The number of rotatable bonds is 5. The summed E-state index contributed by atoms with van der Waals surface area (Å²) in [6.07, 6.45) is 0.920. The fourth-order valence-corrected chi connectivity index (χ4v) is 2.27. The van der Waals surface area contributed by atoms with Gasteiger partial charge in [-0.2, -0.15) is 9.61 Å². The topological polar surface area (TPSA) is 101 Å². The molecule has 104 valence electrons. The lowest BCUT2D eigenvalue weighted by atomic mass is 9.91. The lowest BCUT2D eigenvalue weighted by molar-refractivity contribution is 0.405. The van der Waals surface area contributed by atoms with E-state index in [0.29, 0.717) is 23.9 Å². The summed E-state index contributed by atoms with van der Waals surface area (Å²) in [6.45, 7) is 6.84. The summed E-state index contributed by atoms with van der Waals surface area (Å²) >= 11 is 0. The van der Waals surface area contributed by atoms with E-state index in [-0.39, 0.29) is 11.2 Å². The predicted octanol–water partition coefficient (Wildman–Crippen LogP) is 0.593. The van der Waals surface area contributed by atoms with Gasteiger partial charge in [0.1, 0.15) is 5.82 Å². The quantitative estimate of drug-likeness (QED) is 0.734. The van der Waals surface area contributed by atoms with Crippen molar-refractivity contribution in [1.29, 1.82) is 0 Å². The second kappa shape index (κ2) is 5.00. The summed E-state index contributed by atoms with van der Waals surface area (Å²) in [6, 6.07) is 3.53. The van der Waals surface area contributed by atoms with Crippen LogP contribution in [0.3, 0.4) is 0 Å². The zero-order chi connectivity index (χ0) is 14.0. The minimum Gasteiger partial charge on any atom is -0.362 e. The van der Waals surface area contributed by atoms with Crippen molar-refractivity contribution in [3.8, 4) is 0 Å². The van der Waals surface area contributed by atoms with Crippen molar-refractivity contribution in [1.82, 2.24) is 19.8 Å². The van der Waals surface area contributed by atoms with E-state index >= 15 is 0 Å². The zero-order valence-electron chi connectivity index (χ0n) is 11.5. The highest BCUT2D eigenvalue weighted by molar-refractivity contribution is 5.44. The van der Waals surface area contributed by atoms with Gasteiger partial charge in [0.05, 0.1) is 0 Å². The molecule has 0 saturated heterocycles. The highest BCUT2D eigenvalue weighted by Gasteiger charge is 2.24. The first-order valence-electron chi connectivity index (χ1n) is 6.36. The second-order valence-corrected chi connectivity index (χ2v) is 5.51. The molecule has 0 bridgehead atoms. The number of fused-ring (bicyclic) bond motifs is 1. The maximum absolute atomic E-state index is 11.5. The smallest absolute Gasteiger partial charge is 0.362 e. The molecule has 0 saturated carbocycles. The van der Waals surface area contributed by atoms with Crippen LogP contribution in [0.15, 0.2) is 16.9 Å². The molecule has 2 aromatic heterocycles. The van der Waals surface area contributed by atoms with Gasteiger partial charge in [-0.1, -0.05) is 13.8 Å². The van der Waals surface area contributed by atoms with Crippen LogP contribution in [-0.4, -0.2) is 31.9 Å². The molecule has 7 nitrogen and oxygen atoms in total. The van der Waals surface area contributed by atoms with Gasteiger partial charge in [-0.05, 0) is 31.4 Å². The van der Waals surface area contributed by atoms with E-state index < -0.39 is 0 Å². The van der Waals surface area contributed by atoms with E-state index in [4.69, 9.17) is 5.73 Å². The highest BCUT2D eigenvalue weighted by Crippen LogP contribution is 2.20. The molecule has 7 heteroatoms. The van der Waals surface area contributed by atoms with Gasteiger partial charge >= 0.3 is 5.69 Å². The van der Waals surface area contributed by atoms with Crippen LogP contribution in [0.1, 0.15) is 27.2 Å². The van der Waals surface area contributed by atoms with Gasteiger partial charge < -0.3 is 11.1 Å². The lowest BCUT2D eigenvalue weighted by Crippen LogP contribution is -2.44. The van der Waals surface area contributed by atoms with Crippen molar-refractivity contribution in [2.45, 2.75) is 32.7 Å². The molecule has 1 atom stereocenters. The number of hydrogen-bond acceptors (Lipinski definition) is 5. The average Bonchev–Trinajstić information content (AvgIpc) is 2.70. The fraction of sp³-hybridized carbons (Fsp3) is 0.583. The third-order valence-corrected chi connectivity index (χ3v) is 3.01. The van der Waals surface area contributed by atoms with Gasteiger partial charge in [0.2, 0.25) is 0 Å². The summed E-state index contributed by atoms with van der Waals surface area (Å²) in [5.74, 6) is 1.13. The summed E-state index contributed by atoms with van der Waals surface area (Å²) in [5, 5.41) is 13.7. The van der Waals surface area contributed by atoms with Crippen molar-refractivity contribution < 1.29 is 0 Å². The molecule has 0 aliphatic rings. The van der Waals surface area contributed by atoms with Crippen LogP contribution in [-0.2, 0) is 0 Å². The van der Waals surface area contributed by atoms with Crippen LogP contribution in [0.25, 0.3) is 5.65 Å². The zero-order valence-corrected chi connectivity index (χ0v) is 11.5. The molecule has 0 aromatic carbocycles. The van der Waals surface area contributed by atoms with Gasteiger partial charge in [-0.25, -0.2) is 9.89 Å². The molecule has 2 aromatic rings. The Morgan fingerprint density at radius 3 is 2.89 bits per heavy atom. The van der Waals surface area contributed by atoms with E-state index in [1.807, 2.05) is 0 Å². The largest absolute Gasteiger partial charge is 0.364 e. The van der Waals surface area contributed by atoms with Gasteiger partial charge in [-0.3, -0.25) is 0 Å². The molecular weight excluding hydrogens is 244 g/mol. The number of nitrogens with one attached hydrogen (secondary N) is 2. The maximum atomic E-state index is 11.5. The molecule has 0 spiro atoms. The molecule has 0 aliphatic carbocycles. The van der Waals surface area contributed by atoms with Crippen LogP contribution >= 0.6 is 0 Å². The molecule has 19 heavy (non-hydrogen) atoms. The van der Waals surface area contributed by atoms with E-state index in [9.17, 15) is 4.79 Å². The van der Waals surface area contributed by atoms with Crippen molar-refractivity contribution in [2.75, 3.05) is 11.9 Å². The van der Waals surface area contributed by atoms with Gasteiger partial charge in [-0.15, -0.1) is 5.10 Å². The Labute approximate surface area is 111 Å². The van der Waals surface area contributed by atoms with Crippen LogP contribution in [0.5, 0.6) is 0 Å². The van der Waals surface area contributed by atoms with Crippen molar-refractivity contribution >= 4 is 11.5 Å². The molecule has 0 amide bonds. The number of anilines is 1. The van der Waals surface area contributed by atoms with Crippen LogP contribution in [0.2, 0.25) is 0 Å². The van der Waals surface area contributed by atoms with Crippen molar-refractivity contribution in [3.63, 3.8) is 0 Å². The van der Waals surface area contributed by atoms with Crippen LogP contribution in [0, 0.1) is 5.92 Å². The minimum absolute atomic E-state index is 0.248. The predicted molar refractivity (Wildman–Crippen MR) is 74.1 cm³/mol. The average molecular weight is 264 g/mol. The summed E-state index contributed by atoms with van der Waals surface area (Å²) in [5.41, 5.74) is 5.74.